The molecule has 0 N–H and O–H groups in total. The lowest BCUT2D eigenvalue weighted by molar-refractivity contribution is -0.141. The van der Waals surface area contributed by atoms with E-state index in [2.05, 4.69) is 25.1 Å². The minimum absolute atomic E-state index is 0. The third-order valence-corrected chi connectivity index (χ3v) is 7.59. The monoisotopic (exact) mass is 500 g/mol. The maximum absolute atomic E-state index is 12.8. The number of thioether (sulfide) groups is 1. The van der Waals surface area contributed by atoms with Gasteiger partial charge in [-0.15, -0.1) is 22.6 Å². The number of nitrogens with zero attached hydrogens (tertiary/aromatic N) is 6. The number of piperidine rings is 1. The van der Waals surface area contributed by atoms with Gasteiger partial charge >= 0.3 is 6.18 Å². The van der Waals surface area contributed by atoms with Crippen molar-refractivity contribution in [1.29, 1.82) is 0 Å². The van der Waals surface area contributed by atoms with Gasteiger partial charge < -0.3 is 13.9 Å². The number of aryl methyl sites for hydroxylation is 1. The van der Waals surface area contributed by atoms with Crippen molar-refractivity contribution in [1.82, 2.24) is 29.6 Å². The Balaban J connectivity index is 0.00000259. The molecule has 1 aliphatic carbocycles. The topological polar surface area (TPSA) is 72.9 Å². The van der Waals surface area contributed by atoms with Gasteiger partial charge in [0.2, 0.25) is 5.82 Å². The molecule has 0 aromatic carbocycles. The van der Waals surface area contributed by atoms with E-state index in [1.807, 2.05) is 18.5 Å². The number of hydrogen-bond donors (Lipinski definition) is 0. The van der Waals surface area contributed by atoms with Crippen molar-refractivity contribution in [3.8, 4) is 11.6 Å². The van der Waals surface area contributed by atoms with E-state index < -0.39 is 11.9 Å². The molecule has 0 unspecified atom stereocenters. The number of fused-ring (bicyclic) bond motifs is 1. The first kappa shape index (κ1) is 24.0. The normalized spacial score (nSPS) is 22.3. The molecule has 1 aliphatic heterocycles. The van der Waals surface area contributed by atoms with E-state index in [1.54, 1.807) is 17.8 Å². The van der Waals surface area contributed by atoms with Gasteiger partial charge in [-0.3, -0.25) is 4.98 Å². The SMILES string of the molecule is Cc1ncoc1-c1nnc(SCCCN2C[C@H]3C[C@@]3(c3ccc(C(F)(F)F)nc3)C2)n1C.Cl. The molecule has 1 saturated heterocycles. The van der Waals surface area contributed by atoms with E-state index in [9.17, 15) is 13.2 Å². The summed E-state index contributed by atoms with van der Waals surface area (Å²) < 4.78 is 45.7. The average molecular weight is 501 g/mol. The van der Waals surface area contributed by atoms with Crippen molar-refractivity contribution in [2.24, 2.45) is 13.0 Å². The molecule has 12 heteroatoms. The molecule has 3 aromatic rings. The fourth-order valence-electron chi connectivity index (χ4n) is 4.67. The summed E-state index contributed by atoms with van der Waals surface area (Å²) in [5, 5.41) is 9.32. The Labute approximate surface area is 199 Å². The molecule has 2 fully saturated rings. The summed E-state index contributed by atoms with van der Waals surface area (Å²) in [5.74, 6) is 2.71. The summed E-state index contributed by atoms with van der Waals surface area (Å²) in [5.41, 5.74) is 0.869. The van der Waals surface area contributed by atoms with Crippen LogP contribution in [0.4, 0.5) is 13.2 Å². The Kier molecular flexibility index (Phi) is 6.49. The Bertz CT molecular complexity index is 1120. The van der Waals surface area contributed by atoms with E-state index >= 15 is 0 Å². The summed E-state index contributed by atoms with van der Waals surface area (Å²) >= 11 is 1.65. The van der Waals surface area contributed by atoms with Crippen LogP contribution < -0.4 is 0 Å². The fourth-order valence-corrected chi connectivity index (χ4v) is 5.50. The van der Waals surface area contributed by atoms with Gasteiger partial charge in [0.25, 0.3) is 0 Å². The van der Waals surface area contributed by atoms with Gasteiger partial charge in [-0.25, -0.2) is 4.98 Å². The van der Waals surface area contributed by atoms with Crippen LogP contribution in [0.25, 0.3) is 11.6 Å². The number of rotatable bonds is 7. The molecule has 178 valence electrons. The third kappa shape index (κ3) is 4.50. The summed E-state index contributed by atoms with van der Waals surface area (Å²) in [7, 11) is 1.91. The lowest BCUT2D eigenvalue weighted by Crippen LogP contribution is -2.28. The van der Waals surface area contributed by atoms with Crippen LogP contribution in [0.15, 0.2) is 34.3 Å². The highest BCUT2D eigenvalue weighted by molar-refractivity contribution is 7.99. The van der Waals surface area contributed by atoms with Crippen molar-refractivity contribution < 1.29 is 17.6 Å². The molecular formula is C21H24ClF3N6OS. The lowest BCUT2D eigenvalue weighted by Gasteiger charge is -2.21. The number of hydrogen-bond acceptors (Lipinski definition) is 7. The number of likely N-dealkylation sites (tertiary alicyclic amines) is 1. The minimum atomic E-state index is -4.39. The average Bonchev–Trinajstić information content (AvgIpc) is 3.05. The van der Waals surface area contributed by atoms with Crippen LogP contribution in [-0.4, -0.2) is 55.0 Å². The van der Waals surface area contributed by atoms with Crippen molar-refractivity contribution in [2.75, 3.05) is 25.4 Å². The van der Waals surface area contributed by atoms with Crippen molar-refractivity contribution in [3.05, 3.63) is 41.7 Å². The predicted molar refractivity (Wildman–Crippen MR) is 119 cm³/mol. The number of oxazole rings is 1. The van der Waals surface area contributed by atoms with Gasteiger partial charge in [0, 0.05) is 37.5 Å². The second-order valence-electron chi connectivity index (χ2n) is 8.56. The van der Waals surface area contributed by atoms with E-state index in [1.165, 1.54) is 12.6 Å². The first-order valence-corrected chi connectivity index (χ1v) is 11.5. The van der Waals surface area contributed by atoms with Crippen LogP contribution in [0, 0.1) is 12.8 Å². The van der Waals surface area contributed by atoms with Gasteiger partial charge in [0.1, 0.15) is 5.69 Å². The molecule has 1 saturated carbocycles. The highest BCUT2D eigenvalue weighted by Crippen LogP contribution is 2.58. The Morgan fingerprint density at radius 3 is 2.73 bits per heavy atom. The number of alkyl halides is 3. The third-order valence-electron chi connectivity index (χ3n) is 6.48. The second-order valence-corrected chi connectivity index (χ2v) is 9.62. The van der Waals surface area contributed by atoms with Crippen LogP contribution in [0.3, 0.4) is 0 Å². The zero-order valence-corrected chi connectivity index (χ0v) is 19.8. The highest BCUT2D eigenvalue weighted by Gasteiger charge is 2.60. The molecule has 3 aromatic heterocycles. The zero-order chi connectivity index (χ0) is 22.5. The first-order valence-electron chi connectivity index (χ1n) is 10.5. The van der Waals surface area contributed by atoms with Gasteiger partial charge in [-0.1, -0.05) is 17.8 Å². The molecule has 4 heterocycles. The number of aromatic nitrogens is 5. The van der Waals surface area contributed by atoms with E-state index in [0.29, 0.717) is 17.5 Å². The molecule has 0 spiro atoms. The maximum Gasteiger partial charge on any atom is 0.433 e. The van der Waals surface area contributed by atoms with Crippen molar-refractivity contribution >= 4 is 24.2 Å². The highest BCUT2D eigenvalue weighted by atomic mass is 35.5. The van der Waals surface area contributed by atoms with Gasteiger partial charge in [-0.2, -0.15) is 13.2 Å². The quantitative estimate of drug-likeness (QED) is 0.352. The molecule has 0 amide bonds. The predicted octanol–water partition coefficient (Wildman–Crippen LogP) is 4.37. The van der Waals surface area contributed by atoms with Gasteiger partial charge in [0.05, 0.1) is 5.69 Å². The van der Waals surface area contributed by atoms with Crippen LogP contribution in [-0.2, 0) is 18.6 Å². The minimum Gasteiger partial charge on any atom is -0.440 e. The summed E-state index contributed by atoms with van der Waals surface area (Å²) in [6, 6.07) is 2.71. The smallest absolute Gasteiger partial charge is 0.433 e. The van der Waals surface area contributed by atoms with E-state index in [4.69, 9.17) is 4.42 Å². The van der Waals surface area contributed by atoms with Crippen LogP contribution in [0.1, 0.15) is 29.8 Å². The molecule has 0 bridgehead atoms. The summed E-state index contributed by atoms with van der Waals surface area (Å²) in [6.07, 6.45) is 0.455. The lowest BCUT2D eigenvalue weighted by atomic mass is 9.96. The van der Waals surface area contributed by atoms with Gasteiger partial charge in [0.15, 0.2) is 17.3 Å². The van der Waals surface area contributed by atoms with E-state index in [0.717, 1.165) is 60.7 Å². The molecule has 0 radical (unpaired) electrons. The standard InChI is InChI=1S/C21H23F3N6OS.ClH/c1-13-17(31-12-26-13)18-27-28-19(29(18)2)32-7-3-6-30-10-15-8-20(15,11-30)14-4-5-16(25-9-14)21(22,23)24;/h4-5,9,12,15H,3,6-8,10-11H2,1-2H3;1H/t15-,20+;/m1./s1. The summed E-state index contributed by atoms with van der Waals surface area (Å²) in [4.78, 5) is 10.2. The fraction of sp³-hybridized carbons (Fsp3) is 0.524. The molecular weight excluding hydrogens is 477 g/mol. The van der Waals surface area contributed by atoms with Crippen LogP contribution in [0.5, 0.6) is 0 Å². The maximum atomic E-state index is 12.8. The molecule has 7 nitrogen and oxygen atoms in total. The largest absolute Gasteiger partial charge is 0.440 e. The molecule has 2 atom stereocenters. The van der Waals surface area contributed by atoms with E-state index in [-0.39, 0.29) is 17.8 Å². The Morgan fingerprint density at radius 1 is 1.24 bits per heavy atom. The second kappa shape index (κ2) is 8.92. The summed E-state index contributed by atoms with van der Waals surface area (Å²) in [6.45, 7) is 4.69. The number of halogens is 4. The zero-order valence-electron chi connectivity index (χ0n) is 18.2. The number of pyridine rings is 1. The van der Waals surface area contributed by atoms with Gasteiger partial charge in [-0.05, 0) is 43.9 Å². The van der Waals surface area contributed by atoms with Crippen molar-refractivity contribution in [3.63, 3.8) is 0 Å². The van der Waals surface area contributed by atoms with Crippen LogP contribution >= 0.6 is 24.2 Å². The molecule has 2 aliphatic rings. The van der Waals surface area contributed by atoms with Crippen LogP contribution in [0.2, 0.25) is 0 Å². The Morgan fingerprint density at radius 2 is 2.06 bits per heavy atom. The molecule has 33 heavy (non-hydrogen) atoms. The Hall–Kier alpha value is -2.11. The van der Waals surface area contributed by atoms with Crippen molar-refractivity contribution in [2.45, 2.75) is 36.5 Å². The first-order chi connectivity index (χ1) is 15.3. The molecule has 5 rings (SSSR count).